The third-order valence-electron chi connectivity index (χ3n) is 3.56. The van der Waals surface area contributed by atoms with E-state index in [1.54, 1.807) is 47.8 Å². The number of thioether (sulfide) groups is 1. The first-order valence-electron chi connectivity index (χ1n) is 7.55. The molecule has 25 heavy (non-hydrogen) atoms. The lowest BCUT2D eigenvalue weighted by molar-refractivity contribution is 0.628. The average Bonchev–Trinajstić information content (AvgIpc) is 3.33. The molecule has 0 fully saturated rings. The molecule has 3 aromatic heterocycles. The number of hydrogen-bond donors (Lipinski definition) is 0. The molecule has 0 radical (unpaired) electrons. The van der Waals surface area contributed by atoms with Crippen molar-refractivity contribution in [3.63, 3.8) is 0 Å². The van der Waals surface area contributed by atoms with Crippen LogP contribution in [0.4, 0.5) is 4.39 Å². The Morgan fingerprint density at radius 3 is 2.72 bits per heavy atom. The highest BCUT2D eigenvalue weighted by Crippen LogP contribution is 2.30. The quantitative estimate of drug-likeness (QED) is 0.474. The molecule has 0 bridgehead atoms. The molecule has 4 nitrogen and oxygen atoms in total. The van der Waals surface area contributed by atoms with Crippen LogP contribution in [0.1, 0.15) is 5.56 Å². The van der Waals surface area contributed by atoms with Crippen molar-refractivity contribution < 1.29 is 4.39 Å². The second kappa shape index (κ2) is 7.16. The van der Waals surface area contributed by atoms with Crippen molar-refractivity contribution in [1.82, 2.24) is 19.5 Å². The van der Waals surface area contributed by atoms with Crippen LogP contribution in [0.5, 0.6) is 0 Å². The van der Waals surface area contributed by atoms with Gasteiger partial charge in [0.05, 0.1) is 5.69 Å². The molecule has 0 aliphatic rings. The van der Waals surface area contributed by atoms with Crippen molar-refractivity contribution >= 4 is 23.1 Å². The monoisotopic (exact) mass is 368 g/mol. The van der Waals surface area contributed by atoms with Crippen LogP contribution in [0.15, 0.2) is 71.0 Å². The van der Waals surface area contributed by atoms with Crippen molar-refractivity contribution in [2.45, 2.75) is 10.1 Å². The number of thiazole rings is 1. The number of pyridine rings is 1. The van der Waals surface area contributed by atoms with Crippen LogP contribution < -0.4 is 0 Å². The maximum atomic E-state index is 13.0. The van der Waals surface area contributed by atoms with E-state index in [0.717, 1.165) is 32.7 Å². The zero-order chi connectivity index (χ0) is 17.1. The Morgan fingerprint density at radius 2 is 2.00 bits per heavy atom. The molecule has 0 spiro atoms. The summed E-state index contributed by atoms with van der Waals surface area (Å²) in [6.45, 7) is 0. The van der Waals surface area contributed by atoms with Gasteiger partial charge in [0.15, 0.2) is 4.34 Å². The first-order valence-corrected chi connectivity index (χ1v) is 9.42. The van der Waals surface area contributed by atoms with Crippen molar-refractivity contribution in [2.24, 2.45) is 0 Å². The van der Waals surface area contributed by atoms with E-state index in [1.807, 2.05) is 28.4 Å². The predicted octanol–water partition coefficient (Wildman–Crippen LogP) is 4.82. The minimum Gasteiger partial charge on any atom is -0.291 e. The van der Waals surface area contributed by atoms with Gasteiger partial charge in [-0.15, -0.1) is 11.3 Å². The summed E-state index contributed by atoms with van der Waals surface area (Å²) in [5.41, 5.74) is 2.93. The summed E-state index contributed by atoms with van der Waals surface area (Å²) in [5.74, 6) is 1.41. The molecule has 0 amide bonds. The molecule has 0 aliphatic heterocycles. The number of aromatic nitrogens is 4. The average molecular weight is 368 g/mol. The Labute approximate surface area is 152 Å². The molecule has 0 saturated heterocycles. The van der Waals surface area contributed by atoms with E-state index in [-0.39, 0.29) is 5.82 Å². The third-order valence-corrected chi connectivity index (χ3v) is 5.66. The lowest BCUT2D eigenvalue weighted by Gasteiger charge is -2.03. The highest BCUT2D eigenvalue weighted by molar-refractivity contribution is 8.00. The van der Waals surface area contributed by atoms with Gasteiger partial charge in [-0.1, -0.05) is 17.8 Å². The molecule has 0 N–H and O–H groups in total. The summed E-state index contributed by atoms with van der Waals surface area (Å²) in [5, 5.41) is 2.00. The summed E-state index contributed by atoms with van der Waals surface area (Å²) in [6.07, 6.45) is 7.19. The van der Waals surface area contributed by atoms with Crippen LogP contribution in [0.3, 0.4) is 0 Å². The van der Waals surface area contributed by atoms with E-state index in [4.69, 9.17) is 0 Å². The van der Waals surface area contributed by atoms with Crippen molar-refractivity contribution in [2.75, 3.05) is 0 Å². The summed E-state index contributed by atoms with van der Waals surface area (Å²) in [7, 11) is 0. The third kappa shape index (κ3) is 3.78. The van der Waals surface area contributed by atoms with Crippen LogP contribution in [0.25, 0.3) is 17.1 Å². The summed E-state index contributed by atoms with van der Waals surface area (Å²) in [6, 6.07) is 10.4. The summed E-state index contributed by atoms with van der Waals surface area (Å²) in [4.78, 5) is 13.1. The van der Waals surface area contributed by atoms with Gasteiger partial charge in [-0.3, -0.25) is 4.57 Å². The Kier molecular flexibility index (Phi) is 4.58. The molecule has 0 atom stereocenters. The number of nitrogens with zero attached hydrogens (tertiary/aromatic N) is 4. The fraction of sp³-hybridized carbons (Fsp3) is 0.0556. The van der Waals surface area contributed by atoms with E-state index < -0.39 is 0 Å². The van der Waals surface area contributed by atoms with Crippen molar-refractivity contribution in [3.8, 4) is 17.1 Å². The van der Waals surface area contributed by atoms with Crippen LogP contribution in [-0.4, -0.2) is 19.5 Å². The fourth-order valence-electron chi connectivity index (χ4n) is 2.27. The van der Waals surface area contributed by atoms with Gasteiger partial charge in [0.1, 0.15) is 18.0 Å². The van der Waals surface area contributed by atoms with E-state index in [1.165, 1.54) is 12.1 Å². The van der Waals surface area contributed by atoms with Gasteiger partial charge in [0.25, 0.3) is 0 Å². The molecule has 0 aliphatic carbocycles. The van der Waals surface area contributed by atoms with Gasteiger partial charge in [0, 0.05) is 35.3 Å². The highest BCUT2D eigenvalue weighted by Gasteiger charge is 2.06. The van der Waals surface area contributed by atoms with Crippen LogP contribution in [0.2, 0.25) is 0 Å². The van der Waals surface area contributed by atoms with Crippen LogP contribution >= 0.6 is 23.1 Å². The second-order valence-electron chi connectivity index (χ2n) is 5.29. The van der Waals surface area contributed by atoms with Gasteiger partial charge >= 0.3 is 0 Å². The molecule has 0 saturated carbocycles. The normalized spacial score (nSPS) is 10.9. The molecule has 1 aromatic carbocycles. The maximum absolute atomic E-state index is 13.0. The smallest absolute Gasteiger partial charge is 0.150 e. The number of benzene rings is 1. The van der Waals surface area contributed by atoms with Gasteiger partial charge in [0.2, 0.25) is 0 Å². The first kappa shape index (κ1) is 16.0. The fourth-order valence-corrected chi connectivity index (χ4v) is 4.04. The Balaban J connectivity index is 1.41. The van der Waals surface area contributed by atoms with Crippen molar-refractivity contribution in [3.05, 3.63) is 78.1 Å². The van der Waals surface area contributed by atoms with E-state index in [2.05, 4.69) is 21.0 Å². The molecular formula is C18H13FN4S2. The molecule has 4 rings (SSSR count). The Hall–Kier alpha value is -2.51. The molecule has 3 heterocycles. The lowest BCUT2D eigenvalue weighted by Crippen LogP contribution is -1.94. The second-order valence-corrected chi connectivity index (χ2v) is 7.37. The predicted molar refractivity (Wildman–Crippen MR) is 98.4 cm³/mol. The zero-order valence-corrected chi connectivity index (χ0v) is 14.7. The van der Waals surface area contributed by atoms with Gasteiger partial charge in [-0.05, 0) is 35.9 Å². The standard InChI is InChI=1S/C18H13FN4S2/c19-15-4-2-14(3-5-15)16-11-25-18(22-16)24-10-13-1-6-17(21-9-13)23-8-7-20-12-23/h1-9,11-12H,10H2. The summed E-state index contributed by atoms with van der Waals surface area (Å²) >= 11 is 3.26. The molecule has 4 aromatic rings. The van der Waals surface area contributed by atoms with Crippen molar-refractivity contribution in [1.29, 1.82) is 0 Å². The lowest BCUT2D eigenvalue weighted by atomic mass is 10.2. The molecule has 7 heteroatoms. The van der Waals surface area contributed by atoms with Gasteiger partial charge < -0.3 is 0 Å². The molecular weight excluding hydrogens is 355 g/mol. The van der Waals surface area contributed by atoms with E-state index >= 15 is 0 Å². The minimum atomic E-state index is -0.236. The molecule has 124 valence electrons. The van der Waals surface area contributed by atoms with Gasteiger partial charge in [-0.2, -0.15) is 0 Å². The van der Waals surface area contributed by atoms with Gasteiger partial charge in [-0.25, -0.2) is 19.3 Å². The topological polar surface area (TPSA) is 43.6 Å². The number of halogens is 1. The maximum Gasteiger partial charge on any atom is 0.150 e. The van der Waals surface area contributed by atoms with E-state index in [0.29, 0.717) is 0 Å². The summed E-state index contributed by atoms with van der Waals surface area (Å²) < 4.78 is 15.9. The number of imidazole rings is 1. The SMILES string of the molecule is Fc1ccc(-c2csc(SCc3ccc(-n4ccnc4)nc3)n2)cc1. The first-order chi connectivity index (χ1) is 12.3. The van der Waals surface area contributed by atoms with Crippen LogP contribution in [0, 0.1) is 5.82 Å². The Morgan fingerprint density at radius 1 is 1.12 bits per heavy atom. The van der Waals surface area contributed by atoms with Crippen LogP contribution in [-0.2, 0) is 5.75 Å². The highest BCUT2D eigenvalue weighted by atomic mass is 32.2. The minimum absolute atomic E-state index is 0.236. The number of hydrogen-bond acceptors (Lipinski definition) is 5. The van der Waals surface area contributed by atoms with E-state index in [9.17, 15) is 4.39 Å². The largest absolute Gasteiger partial charge is 0.291 e. The number of rotatable bonds is 5. The zero-order valence-electron chi connectivity index (χ0n) is 13.0. The Bertz CT molecular complexity index is 948. The molecule has 0 unspecified atom stereocenters.